The molecule has 0 fully saturated rings. The van der Waals surface area contributed by atoms with Crippen molar-refractivity contribution in [3.8, 4) is 5.69 Å². The van der Waals surface area contributed by atoms with E-state index in [1.54, 1.807) is 12.1 Å². The molecular formula is C19H13ClF5N3O. The topological polar surface area (TPSA) is 46.9 Å². The Bertz CT molecular complexity index is 1050. The molecule has 0 aliphatic rings. The van der Waals surface area contributed by atoms with Crippen LogP contribution in [0.5, 0.6) is 0 Å². The summed E-state index contributed by atoms with van der Waals surface area (Å²) in [4.78, 5) is 12.1. The van der Waals surface area contributed by atoms with Crippen LogP contribution in [0.3, 0.4) is 0 Å². The molecule has 1 heterocycles. The van der Waals surface area contributed by atoms with Gasteiger partial charge in [-0.25, -0.2) is 13.5 Å². The molecule has 1 amide bonds. The van der Waals surface area contributed by atoms with Gasteiger partial charge in [0.2, 0.25) is 5.91 Å². The predicted molar refractivity (Wildman–Crippen MR) is 95.5 cm³/mol. The van der Waals surface area contributed by atoms with E-state index >= 15 is 0 Å². The lowest BCUT2D eigenvalue weighted by atomic mass is 10.1. The van der Waals surface area contributed by atoms with E-state index < -0.39 is 29.4 Å². The molecule has 0 aliphatic heterocycles. The van der Waals surface area contributed by atoms with Crippen molar-refractivity contribution < 1.29 is 26.7 Å². The lowest BCUT2D eigenvalue weighted by Crippen LogP contribution is -2.25. The number of rotatable bonds is 5. The molecule has 29 heavy (non-hydrogen) atoms. The molecule has 0 aliphatic carbocycles. The summed E-state index contributed by atoms with van der Waals surface area (Å²) in [6.07, 6.45) is -4.94. The molecule has 3 rings (SSSR count). The zero-order valence-electron chi connectivity index (χ0n) is 14.6. The molecular weight excluding hydrogens is 417 g/mol. The van der Waals surface area contributed by atoms with E-state index in [9.17, 15) is 26.7 Å². The molecule has 0 bridgehead atoms. The van der Waals surface area contributed by atoms with E-state index in [-0.39, 0.29) is 29.9 Å². The average molecular weight is 430 g/mol. The Kier molecular flexibility index (Phi) is 5.88. The summed E-state index contributed by atoms with van der Waals surface area (Å²) >= 11 is 5.90. The summed E-state index contributed by atoms with van der Waals surface area (Å²) in [5.41, 5.74) is -0.542. The molecule has 0 atom stereocenters. The number of carbonyl (C=O) groups excluding carboxylic acids is 1. The number of nitrogens with zero attached hydrogens (tertiary/aromatic N) is 2. The van der Waals surface area contributed by atoms with Crippen molar-refractivity contribution in [2.45, 2.75) is 19.1 Å². The van der Waals surface area contributed by atoms with Gasteiger partial charge in [-0.1, -0.05) is 23.7 Å². The van der Waals surface area contributed by atoms with Gasteiger partial charge in [0.25, 0.3) is 0 Å². The molecule has 0 radical (unpaired) electrons. The fourth-order valence-corrected chi connectivity index (χ4v) is 2.79. The summed E-state index contributed by atoms with van der Waals surface area (Å²) < 4.78 is 66.5. The van der Waals surface area contributed by atoms with Gasteiger partial charge in [-0.2, -0.15) is 18.3 Å². The fourth-order valence-electron chi connectivity index (χ4n) is 2.60. The van der Waals surface area contributed by atoms with Gasteiger partial charge in [-0.3, -0.25) is 4.79 Å². The van der Waals surface area contributed by atoms with Crippen molar-refractivity contribution in [3.63, 3.8) is 0 Å². The molecule has 4 nitrogen and oxygen atoms in total. The number of nitrogens with one attached hydrogen (secondary N) is 1. The van der Waals surface area contributed by atoms with Crippen LogP contribution in [0.25, 0.3) is 5.69 Å². The minimum atomic E-state index is -4.67. The van der Waals surface area contributed by atoms with Gasteiger partial charge in [0.05, 0.1) is 24.3 Å². The lowest BCUT2D eigenvalue weighted by molar-refractivity contribution is -0.141. The standard InChI is InChI=1S/C19H13ClF5N3O/c20-12-2-1-3-13(8-12)28-14(9-17(27-28)19(23,24)25)10-26-18(29)7-11-4-5-15(21)16(22)6-11/h1-6,8-9H,7,10H2,(H,26,29). The highest BCUT2D eigenvalue weighted by molar-refractivity contribution is 6.30. The van der Waals surface area contributed by atoms with Gasteiger partial charge < -0.3 is 5.32 Å². The molecule has 0 unspecified atom stereocenters. The first-order chi connectivity index (χ1) is 13.6. The number of hydrogen-bond donors (Lipinski definition) is 1. The number of halogens is 6. The van der Waals surface area contributed by atoms with E-state index in [2.05, 4.69) is 10.4 Å². The molecule has 3 aromatic rings. The van der Waals surface area contributed by atoms with Crippen LogP contribution in [0.2, 0.25) is 5.02 Å². The molecule has 0 saturated heterocycles. The van der Waals surface area contributed by atoms with Crippen LogP contribution >= 0.6 is 11.6 Å². The predicted octanol–water partition coefficient (Wildman–Crippen LogP) is 4.68. The Labute approximate surface area is 166 Å². The minimum Gasteiger partial charge on any atom is -0.350 e. The largest absolute Gasteiger partial charge is 0.435 e. The highest BCUT2D eigenvalue weighted by Gasteiger charge is 2.35. The van der Waals surface area contributed by atoms with Crippen LogP contribution in [0.15, 0.2) is 48.5 Å². The molecule has 1 N–H and O–H groups in total. The maximum absolute atomic E-state index is 13.2. The quantitative estimate of drug-likeness (QED) is 0.599. The normalized spacial score (nSPS) is 11.5. The van der Waals surface area contributed by atoms with Crippen LogP contribution < -0.4 is 5.32 Å². The Balaban J connectivity index is 1.79. The third-order valence-corrected chi connectivity index (χ3v) is 4.18. The second-order valence-corrected chi connectivity index (χ2v) is 6.55. The number of carbonyl (C=O) groups is 1. The second kappa shape index (κ2) is 8.20. The van der Waals surface area contributed by atoms with Crippen molar-refractivity contribution in [2.24, 2.45) is 0 Å². The summed E-state index contributed by atoms with van der Waals surface area (Å²) in [5.74, 6) is -2.72. The van der Waals surface area contributed by atoms with Crippen LogP contribution in [0, 0.1) is 11.6 Å². The van der Waals surface area contributed by atoms with Gasteiger partial charge >= 0.3 is 6.18 Å². The van der Waals surface area contributed by atoms with E-state index in [0.717, 1.165) is 22.9 Å². The Hall–Kier alpha value is -2.94. The van der Waals surface area contributed by atoms with Gasteiger partial charge in [-0.05, 0) is 42.0 Å². The van der Waals surface area contributed by atoms with E-state index in [0.29, 0.717) is 5.02 Å². The van der Waals surface area contributed by atoms with Gasteiger partial charge in [0.15, 0.2) is 17.3 Å². The minimum absolute atomic E-state index is 0.0678. The van der Waals surface area contributed by atoms with Crippen molar-refractivity contribution >= 4 is 17.5 Å². The Morgan fingerprint density at radius 1 is 1.07 bits per heavy atom. The highest BCUT2D eigenvalue weighted by atomic mass is 35.5. The van der Waals surface area contributed by atoms with Crippen LogP contribution in [0.4, 0.5) is 22.0 Å². The molecule has 152 valence electrons. The number of benzene rings is 2. The third kappa shape index (κ3) is 5.11. The maximum Gasteiger partial charge on any atom is 0.435 e. The molecule has 2 aromatic carbocycles. The number of hydrogen-bond acceptors (Lipinski definition) is 2. The first-order valence-electron chi connectivity index (χ1n) is 8.26. The number of alkyl halides is 3. The Morgan fingerprint density at radius 3 is 2.48 bits per heavy atom. The van der Waals surface area contributed by atoms with Gasteiger partial charge in [0, 0.05) is 5.02 Å². The highest BCUT2D eigenvalue weighted by Crippen LogP contribution is 2.30. The monoisotopic (exact) mass is 429 g/mol. The number of amides is 1. The second-order valence-electron chi connectivity index (χ2n) is 6.11. The number of aromatic nitrogens is 2. The lowest BCUT2D eigenvalue weighted by Gasteiger charge is -2.09. The molecule has 10 heteroatoms. The maximum atomic E-state index is 13.2. The zero-order chi connectivity index (χ0) is 21.2. The average Bonchev–Trinajstić information content (AvgIpc) is 3.08. The summed E-state index contributed by atoms with van der Waals surface area (Å²) in [5, 5.41) is 6.33. The fraction of sp³-hybridized carbons (Fsp3) is 0.158. The molecule has 0 saturated carbocycles. The van der Waals surface area contributed by atoms with Crippen molar-refractivity contribution in [3.05, 3.63) is 82.1 Å². The van der Waals surface area contributed by atoms with Crippen LogP contribution in [0.1, 0.15) is 17.0 Å². The third-order valence-electron chi connectivity index (χ3n) is 3.94. The Morgan fingerprint density at radius 2 is 1.83 bits per heavy atom. The van der Waals surface area contributed by atoms with Crippen molar-refractivity contribution in [2.75, 3.05) is 0 Å². The molecule has 1 aromatic heterocycles. The van der Waals surface area contributed by atoms with Crippen LogP contribution in [-0.4, -0.2) is 15.7 Å². The smallest absolute Gasteiger partial charge is 0.350 e. The first-order valence-corrected chi connectivity index (χ1v) is 8.64. The molecule has 0 spiro atoms. The van der Waals surface area contributed by atoms with Crippen molar-refractivity contribution in [1.82, 2.24) is 15.1 Å². The summed E-state index contributed by atoms with van der Waals surface area (Å²) in [6, 6.07) is 9.90. The van der Waals surface area contributed by atoms with Gasteiger partial charge in [0.1, 0.15) is 0 Å². The summed E-state index contributed by atoms with van der Waals surface area (Å²) in [7, 11) is 0. The van der Waals surface area contributed by atoms with Crippen molar-refractivity contribution in [1.29, 1.82) is 0 Å². The SMILES string of the molecule is O=C(Cc1ccc(F)c(F)c1)NCc1cc(C(F)(F)F)nn1-c1cccc(Cl)c1. The van der Waals surface area contributed by atoms with Gasteiger partial charge in [-0.15, -0.1) is 0 Å². The van der Waals surface area contributed by atoms with Crippen LogP contribution in [-0.2, 0) is 23.9 Å². The van der Waals surface area contributed by atoms with E-state index in [1.807, 2.05) is 0 Å². The first kappa shape index (κ1) is 20.8. The zero-order valence-corrected chi connectivity index (χ0v) is 15.4. The van der Waals surface area contributed by atoms with E-state index in [1.165, 1.54) is 18.2 Å². The summed E-state index contributed by atoms with van der Waals surface area (Å²) in [6.45, 7) is -0.266. The van der Waals surface area contributed by atoms with E-state index in [4.69, 9.17) is 11.6 Å².